The average Bonchev–Trinajstić information content (AvgIpc) is 2.15. The van der Waals surface area contributed by atoms with Crippen LogP contribution in [0.2, 0.25) is 0 Å². The van der Waals surface area contributed by atoms with E-state index in [4.69, 9.17) is 0 Å². The topological polar surface area (TPSA) is 0 Å². The highest BCUT2D eigenvalue weighted by atomic mass is 13.9. The zero-order valence-electron chi connectivity index (χ0n) is 9.09. The quantitative estimate of drug-likeness (QED) is 0.613. The van der Waals surface area contributed by atoms with Crippen molar-refractivity contribution in [2.75, 3.05) is 0 Å². The van der Waals surface area contributed by atoms with Crippen LogP contribution < -0.4 is 0 Å². The van der Waals surface area contributed by atoms with E-state index in [0.717, 1.165) is 12.8 Å². The summed E-state index contributed by atoms with van der Waals surface area (Å²) in [5.41, 5.74) is 3.83. The van der Waals surface area contributed by atoms with E-state index < -0.39 is 0 Å². The van der Waals surface area contributed by atoms with E-state index in [2.05, 4.69) is 56.8 Å². The lowest BCUT2D eigenvalue weighted by molar-refractivity contribution is 0.987. The summed E-state index contributed by atoms with van der Waals surface area (Å²) in [5.74, 6) is 0. The minimum Gasteiger partial charge on any atom is -0.100 e. The normalized spacial score (nSPS) is 10.7. The third-order valence-electron chi connectivity index (χ3n) is 2.13. The molecule has 0 spiro atoms. The minimum absolute atomic E-state index is 1.09. The summed E-state index contributed by atoms with van der Waals surface area (Å²) >= 11 is 0. The standard InChI is InChI=1S/C14H18/c1-12(2)6-4-5-7-14-10-8-13(3)9-11-14/h5,7-11H,1,4,6H2,2-3H3/b7-5+. The lowest BCUT2D eigenvalue weighted by Gasteiger charge is -1.95. The number of allylic oxidation sites excluding steroid dienone is 2. The van der Waals surface area contributed by atoms with Gasteiger partial charge >= 0.3 is 0 Å². The van der Waals surface area contributed by atoms with Crippen molar-refractivity contribution in [2.45, 2.75) is 26.7 Å². The Bertz CT molecular complexity index is 314. The molecule has 0 N–H and O–H groups in total. The van der Waals surface area contributed by atoms with Crippen LogP contribution in [0.25, 0.3) is 6.08 Å². The Morgan fingerprint density at radius 1 is 1.29 bits per heavy atom. The van der Waals surface area contributed by atoms with Gasteiger partial charge in [0, 0.05) is 0 Å². The number of aryl methyl sites for hydroxylation is 1. The monoisotopic (exact) mass is 186 g/mol. The summed E-state index contributed by atoms with van der Waals surface area (Å²) < 4.78 is 0. The third-order valence-corrected chi connectivity index (χ3v) is 2.13. The fraction of sp³-hybridized carbons (Fsp3) is 0.286. The zero-order chi connectivity index (χ0) is 10.4. The van der Waals surface area contributed by atoms with Crippen LogP contribution in [0.4, 0.5) is 0 Å². The highest BCUT2D eigenvalue weighted by molar-refractivity contribution is 5.49. The van der Waals surface area contributed by atoms with Gasteiger partial charge in [-0.25, -0.2) is 0 Å². The Morgan fingerprint density at radius 2 is 1.93 bits per heavy atom. The summed E-state index contributed by atoms with van der Waals surface area (Å²) in [5, 5.41) is 0. The average molecular weight is 186 g/mol. The van der Waals surface area contributed by atoms with E-state index in [0.29, 0.717) is 0 Å². The molecule has 0 saturated heterocycles. The van der Waals surface area contributed by atoms with Crippen LogP contribution in [0.3, 0.4) is 0 Å². The lowest BCUT2D eigenvalue weighted by atomic mass is 10.1. The molecule has 0 amide bonds. The Balaban J connectivity index is 2.44. The van der Waals surface area contributed by atoms with Crippen LogP contribution in [-0.4, -0.2) is 0 Å². The molecule has 0 aromatic heterocycles. The molecule has 0 heteroatoms. The first-order chi connectivity index (χ1) is 6.68. The number of hydrogen-bond acceptors (Lipinski definition) is 0. The maximum Gasteiger partial charge on any atom is -0.0260 e. The van der Waals surface area contributed by atoms with Crippen molar-refractivity contribution in [3.05, 3.63) is 53.6 Å². The van der Waals surface area contributed by atoms with Gasteiger partial charge in [0.15, 0.2) is 0 Å². The van der Waals surface area contributed by atoms with Crippen LogP contribution in [0.5, 0.6) is 0 Å². The molecule has 14 heavy (non-hydrogen) atoms. The fourth-order valence-corrected chi connectivity index (χ4v) is 1.23. The Labute approximate surface area is 87.0 Å². The Hall–Kier alpha value is -1.30. The summed E-state index contributed by atoms with van der Waals surface area (Å²) in [6, 6.07) is 8.57. The summed E-state index contributed by atoms with van der Waals surface area (Å²) in [7, 11) is 0. The van der Waals surface area contributed by atoms with E-state index in [1.807, 2.05) is 0 Å². The maximum atomic E-state index is 3.88. The first-order valence-corrected chi connectivity index (χ1v) is 5.06. The van der Waals surface area contributed by atoms with Crippen LogP contribution in [0, 0.1) is 6.92 Å². The molecular formula is C14H18. The molecule has 1 aromatic carbocycles. The molecule has 0 nitrogen and oxygen atoms in total. The molecule has 0 fully saturated rings. The maximum absolute atomic E-state index is 3.88. The second kappa shape index (κ2) is 5.43. The SMILES string of the molecule is C=C(C)CC/C=C/c1ccc(C)cc1. The van der Waals surface area contributed by atoms with Gasteiger partial charge in [-0.15, -0.1) is 6.58 Å². The van der Waals surface area contributed by atoms with Crippen LogP contribution in [0.15, 0.2) is 42.5 Å². The van der Waals surface area contributed by atoms with Crippen LogP contribution >= 0.6 is 0 Å². The van der Waals surface area contributed by atoms with Crippen molar-refractivity contribution in [3.8, 4) is 0 Å². The van der Waals surface area contributed by atoms with Gasteiger partial charge in [0.05, 0.1) is 0 Å². The number of benzene rings is 1. The summed E-state index contributed by atoms with van der Waals surface area (Å²) in [6.07, 6.45) is 6.55. The van der Waals surface area contributed by atoms with Gasteiger partial charge in [-0.05, 0) is 32.3 Å². The van der Waals surface area contributed by atoms with Gasteiger partial charge in [-0.2, -0.15) is 0 Å². The van der Waals surface area contributed by atoms with E-state index in [-0.39, 0.29) is 0 Å². The second-order valence-electron chi connectivity index (χ2n) is 3.81. The van der Waals surface area contributed by atoms with Crippen molar-refractivity contribution in [1.29, 1.82) is 0 Å². The molecule has 0 aliphatic carbocycles. The predicted molar refractivity (Wildman–Crippen MR) is 64.3 cm³/mol. The molecule has 1 rings (SSSR count). The fourth-order valence-electron chi connectivity index (χ4n) is 1.23. The number of rotatable bonds is 4. The molecule has 0 heterocycles. The van der Waals surface area contributed by atoms with Gasteiger partial charge in [-0.3, -0.25) is 0 Å². The zero-order valence-corrected chi connectivity index (χ0v) is 9.09. The smallest absolute Gasteiger partial charge is 0.0260 e. The highest BCUT2D eigenvalue weighted by Gasteiger charge is 1.86. The summed E-state index contributed by atoms with van der Waals surface area (Å²) in [4.78, 5) is 0. The largest absolute Gasteiger partial charge is 0.100 e. The Kier molecular flexibility index (Phi) is 4.18. The van der Waals surface area contributed by atoms with Gasteiger partial charge in [0.25, 0.3) is 0 Å². The van der Waals surface area contributed by atoms with Crippen molar-refractivity contribution in [1.82, 2.24) is 0 Å². The number of hydrogen-bond donors (Lipinski definition) is 0. The van der Waals surface area contributed by atoms with Gasteiger partial charge < -0.3 is 0 Å². The molecule has 1 aromatic rings. The van der Waals surface area contributed by atoms with E-state index in [1.54, 1.807) is 0 Å². The molecule has 0 saturated carbocycles. The third kappa shape index (κ3) is 4.08. The molecule has 0 atom stereocenters. The van der Waals surface area contributed by atoms with E-state index in [9.17, 15) is 0 Å². The molecule has 0 unspecified atom stereocenters. The van der Waals surface area contributed by atoms with Crippen molar-refractivity contribution >= 4 is 6.08 Å². The van der Waals surface area contributed by atoms with Crippen molar-refractivity contribution < 1.29 is 0 Å². The first kappa shape index (κ1) is 10.8. The van der Waals surface area contributed by atoms with Gasteiger partial charge in [0.2, 0.25) is 0 Å². The molecule has 0 aliphatic rings. The van der Waals surface area contributed by atoms with Crippen LogP contribution in [-0.2, 0) is 0 Å². The Morgan fingerprint density at radius 3 is 2.50 bits per heavy atom. The molecule has 74 valence electrons. The first-order valence-electron chi connectivity index (χ1n) is 5.06. The molecular weight excluding hydrogens is 168 g/mol. The van der Waals surface area contributed by atoms with E-state index in [1.165, 1.54) is 16.7 Å². The van der Waals surface area contributed by atoms with E-state index >= 15 is 0 Å². The molecule has 0 bridgehead atoms. The van der Waals surface area contributed by atoms with Crippen molar-refractivity contribution in [2.24, 2.45) is 0 Å². The van der Waals surface area contributed by atoms with Crippen molar-refractivity contribution in [3.63, 3.8) is 0 Å². The highest BCUT2D eigenvalue weighted by Crippen LogP contribution is 2.07. The predicted octanol–water partition coefficient (Wildman–Crippen LogP) is 4.36. The second-order valence-corrected chi connectivity index (χ2v) is 3.81. The summed E-state index contributed by atoms with van der Waals surface area (Å²) in [6.45, 7) is 8.05. The molecule has 0 aliphatic heterocycles. The lowest BCUT2D eigenvalue weighted by Crippen LogP contribution is -1.74. The van der Waals surface area contributed by atoms with Gasteiger partial charge in [-0.1, -0.05) is 47.6 Å². The van der Waals surface area contributed by atoms with Crippen LogP contribution in [0.1, 0.15) is 30.9 Å². The minimum atomic E-state index is 1.09. The van der Waals surface area contributed by atoms with Gasteiger partial charge in [0.1, 0.15) is 0 Å². The molecule has 0 radical (unpaired) electrons.